The van der Waals surface area contributed by atoms with E-state index in [9.17, 15) is 0 Å². The van der Waals surface area contributed by atoms with Gasteiger partial charge in [-0.25, -0.2) is 0 Å². The molecule has 0 bridgehead atoms. The van der Waals surface area contributed by atoms with Crippen molar-refractivity contribution in [3.8, 4) is 5.75 Å². The summed E-state index contributed by atoms with van der Waals surface area (Å²) < 4.78 is 7.35. The summed E-state index contributed by atoms with van der Waals surface area (Å²) in [4.78, 5) is 0. The molecule has 0 radical (unpaired) electrons. The van der Waals surface area contributed by atoms with Gasteiger partial charge in [-0.1, -0.05) is 0 Å². The van der Waals surface area contributed by atoms with E-state index in [0.717, 1.165) is 12.3 Å². The molecule has 0 spiro atoms. The van der Waals surface area contributed by atoms with E-state index < -0.39 is 0 Å². The van der Waals surface area contributed by atoms with E-state index in [2.05, 4.69) is 16.4 Å². The predicted molar refractivity (Wildman–Crippen MR) is 52.8 cm³/mol. The molecule has 1 aliphatic heterocycles. The predicted octanol–water partition coefficient (Wildman–Crippen LogP) is 2.16. The van der Waals surface area contributed by atoms with Crippen molar-refractivity contribution in [3.05, 3.63) is 24.3 Å². The van der Waals surface area contributed by atoms with E-state index in [1.807, 2.05) is 24.1 Å². The lowest BCUT2D eigenvalue weighted by atomic mass is 10.3. The van der Waals surface area contributed by atoms with Crippen molar-refractivity contribution in [2.75, 3.05) is 23.7 Å². The van der Waals surface area contributed by atoms with Gasteiger partial charge < -0.3 is 9.04 Å². The second kappa shape index (κ2) is 3.27. The zero-order chi connectivity index (χ0) is 8.39. The zero-order valence-corrected chi connectivity index (χ0v) is 7.80. The molecule has 2 rings (SSSR count). The Balaban J connectivity index is 2.13. The summed E-state index contributed by atoms with van der Waals surface area (Å²) in [7, 11) is 1.69. The number of ether oxygens (including phenoxy) is 1. The largest absolute Gasteiger partial charge is 0.497 e. The van der Waals surface area contributed by atoms with Gasteiger partial charge in [-0.15, -0.1) is 0 Å². The van der Waals surface area contributed by atoms with Gasteiger partial charge in [0.1, 0.15) is 5.75 Å². The fraction of sp³-hybridized carbons (Fsp3) is 0.333. The molecule has 1 aromatic carbocycles. The van der Waals surface area contributed by atoms with Gasteiger partial charge in [0.25, 0.3) is 0 Å². The third-order valence-electron chi connectivity index (χ3n) is 1.90. The normalized spacial score (nSPS) is 15.6. The minimum absolute atomic E-state index is 0.921. The lowest BCUT2D eigenvalue weighted by Gasteiger charge is -2.31. The molecular formula is C9H11NOS. The lowest BCUT2D eigenvalue weighted by molar-refractivity contribution is 0.415. The monoisotopic (exact) mass is 181 g/mol. The molecule has 0 atom stereocenters. The Labute approximate surface area is 76.7 Å². The molecule has 2 nitrogen and oxygen atoms in total. The number of hydrogen-bond acceptors (Lipinski definition) is 3. The van der Waals surface area contributed by atoms with Crippen LogP contribution in [0.15, 0.2) is 24.3 Å². The molecule has 64 valence electrons. The van der Waals surface area contributed by atoms with E-state index in [1.54, 1.807) is 7.11 Å². The molecule has 0 aliphatic carbocycles. The van der Waals surface area contributed by atoms with Crippen LogP contribution in [0.4, 0.5) is 5.69 Å². The number of nitrogens with zero attached hydrogens (tertiary/aromatic N) is 1. The lowest BCUT2D eigenvalue weighted by Crippen LogP contribution is -2.28. The summed E-state index contributed by atoms with van der Waals surface area (Å²) in [5.74, 6) is 2.16. The summed E-state index contributed by atoms with van der Waals surface area (Å²) in [6.45, 7) is 1.16. The van der Waals surface area contributed by atoms with Gasteiger partial charge in [-0.3, -0.25) is 0 Å². The van der Waals surface area contributed by atoms with Crippen molar-refractivity contribution in [3.63, 3.8) is 0 Å². The van der Waals surface area contributed by atoms with Gasteiger partial charge in [-0.05, 0) is 36.2 Å². The van der Waals surface area contributed by atoms with Gasteiger partial charge in [-0.2, -0.15) is 0 Å². The molecule has 0 saturated carbocycles. The minimum Gasteiger partial charge on any atom is -0.497 e. The van der Waals surface area contributed by atoms with Crippen LogP contribution in [-0.4, -0.2) is 19.4 Å². The summed E-state index contributed by atoms with van der Waals surface area (Å²) in [5, 5.41) is 0. The third kappa shape index (κ3) is 1.37. The number of methoxy groups -OCH3 is 1. The van der Waals surface area contributed by atoms with Crippen molar-refractivity contribution in [1.82, 2.24) is 0 Å². The van der Waals surface area contributed by atoms with Gasteiger partial charge in [0.2, 0.25) is 0 Å². The fourth-order valence-corrected chi connectivity index (χ4v) is 1.77. The highest BCUT2D eigenvalue weighted by Crippen LogP contribution is 2.30. The van der Waals surface area contributed by atoms with Crippen LogP contribution in [0, 0.1) is 0 Å². The van der Waals surface area contributed by atoms with Crippen LogP contribution in [-0.2, 0) is 0 Å². The molecule has 1 aliphatic rings. The van der Waals surface area contributed by atoms with E-state index >= 15 is 0 Å². The maximum Gasteiger partial charge on any atom is 0.119 e. The van der Waals surface area contributed by atoms with Crippen LogP contribution < -0.4 is 9.04 Å². The Morgan fingerprint density at radius 2 is 2.00 bits per heavy atom. The van der Waals surface area contributed by atoms with E-state index in [4.69, 9.17) is 4.74 Å². The van der Waals surface area contributed by atoms with Crippen LogP contribution in [0.3, 0.4) is 0 Å². The number of benzene rings is 1. The summed E-state index contributed by atoms with van der Waals surface area (Å²) >= 11 is 1.86. The van der Waals surface area contributed by atoms with Crippen molar-refractivity contribution in [2.45, 2.75) is 0 Å². The number of hydrogen-bond donors (Lipinski definition) is 0. The molecule has 1 saturated heterocycles. The second-order valence-corrected chi connectivity index (χ2v) is 3.74. The smallest absolute Gasteiger partial charge is 0.119 e. The summed E-state index contributed by atoms with van der Waals surface area (Å²) in [5.41, 5.74) is 1.27. The maximum atomic E-state index is 5.08. The van der Waals surface area contributed by atoms with E-state index in [-0.39, 0.29) is 0 Å². The molecular weight excluding hydrogens is 170 g/mol. The highest BCUT2D eigenvalue weighted by Gasteiger charge is 2.14. The average molecular weight is 181 g/mol. The zero-order valence-electron chi connectivity index (χ0n) is 6.99. The Bertz CT molecular complexity index is 256. The Hall–Kier alpha value is -0.830. The SMILES string of the molecule is COc1ccc(N2CCS2)cc1. The standard InChI is InChI=1S/C9H11NOS/c1-11-9-4-2-8(3-5-9)10-6-7-12-10/h2-5H,6-7H2,1H3. The Morgan fingerprint density at radius 1 is 1.33 bits per heavy atom. The molecule has 1 aromatic rings. The Morgan fingerprint density at radius 3 is 2.42 bits per heavy atom. The highest BCUT2D eigenvalue weighted by molar-refractivity contribution is 8.02. The first-order valence-corrected chi connectivity index (χ1v) is 4.89. The summed E-state index contributed by atoms with van der Waals surface area (Å²) in [6.07, 6.45) is 0. The quantitative estimate of drug-likeness (QED) is 0.649. The Kier molecular flexibility index (Phi) is 2.13. The van der Waals surface area contributed by atoms with Crippen LogP contribution >= 0.6 is 11.9 Å². The molecule has 0 aromatic heterocycles. The van der Waals surface area contributed by atoms with Crippen molar-refractivity contribution < 1.29 is 4.74 Å². The minimum atomic E-state index is 0.921. The molecule has 0 amide bonds. The van der Waals surface area contributed by atoms with E-state index in [1.165, 1.54) is 11.4 Å². The van der Waals surface area contributed by atoms with Crippen LogP contribution in [0.25, 0.3) is 0 Å². The first-order valence-electron chi connectivity index (χ1n) is 3.94. The van der Waals surface area contributed by atoms with Gasteiger partial charge >= 0.3 is 0 Å². The van der Waals surface area contributed by atoms with Crippen LogP contribution in [0.5, 0.6) is 5.75 Å². The number of anilines is 1. The molecule has 1 heterocycles. The maximum absolute atomic E-state index is 5.08. The first-order chi connectivity index (χ1) is 5.90. The average Bonchev–Trinajstić information content (AvgIpc) is 2.03. The van der Waals surface area contributed by atoms with Crippen LogP contribution in [0.1, 0.15) is 0 Å². The summed E-state index contributed by atoms with van der Waals surface area (Å²) in [6, 6.07) is 8.17. The van der Waals surface area contributed by atoms with Crippen molar-refractivity contribution in [1.29, 1.82) is 0 Å². The molecule has 0 unspecified atom stereocenters. The number of rotatable bonds is 2. The van der Waals surface area contributed by atoms with Gasteiger partial charge in [0.05, 0.1) is 7.11 Å². The van der Waals surface area contributed by atoms with Crippen LogP contribution in [0.2, 0.25) is 0 Å². The topological polar surface area (TPSA) is 12.5 Å². The molecule has 12 heavy (non-hydrogen) atoms. The van der Waals surface area contributed by atoms with E-state index in [0.29, 0.717) is 0 Å². The van der Waals surface area contributed by atoms with Crippen molar-refractivity contribution >= 4 is 17.6 Å². The molecule has 3 heteroatoms. The highest BCUT2D eigenvalue weighted by atomic mass is 32.2. The van der Waals surface area contributed by atoms with Gasteiger partial charge in [0, 0.05) is 18.0 Å². The van der Waals surface area contributed by atoms with Crippen molar-refractivity contribution in [2.24, 2.45) is 0 Å². The second-order valence-electron chi connectivity index (χ2n) is 2.63. The molecule has 1 fully saturated rings. The first kappa shape index (κ1) is 7.80. The third-order valence-corrected chi connectivity index (χ3v) is 2.97. The van der Waals surface area contributed by atoms with Gasteiger partial charge in [0.15, 0.2) is 0 Å². The molecule has 0 N–H and O–H groups in total. The fourth-order valence-electron chi connectivity index (χ4n) is 1.13.